The minimum atomic E-state index is -2.28. The summed E-state index contributed by atoms with van der Waals surface area (Å²) in [7, 11) is 1.24. The normalized spacial score (nSPS) is 40.0. The Morgan fingerprint density at radius 3 is 2.31 bits per heavy atom. The molecular formula is C31H38O11. The van der Waals surface area contributed by atoms with Crippen LogP contribution in [0.1, 0.15) is 72.5 Å². The molecule has 2 saturated carbocycles. The Kier molecular flexibility index (Phi) is 6.99. The van der Waals surface area contributed by atoms with Crippen molar-refractivity contribution in [1.29, 1.82) is 0 Å². The summed E-state index contributed by atoms with van der Waals surface area (Å²) in [6.07, 6.45) is 1.34. The number of esters is 4. The fraction of sp³-hybridized carbons (Fsp3) is 0.645. The third-order valence-electron chi connectivity index (χ3n) is 10.4. The zero-order valence-electron chi connectivity index (χ0n) is 24.9. The van der Waals surface area contributed by atoms with Crippen molar-refractivity contribution in [2.24, 2.45) is 34.0 Å². The van der Waals surface area contributed by atoms with Crippen LogP contribution in [0.3, 0.4) is 0 Å². The maximum atomic E-state index is 14.6. The molecule has 3 fully saturated rings. The van der Waals surface area contributed by atoms with Gasteiger partial charge < -0.3 is 28.5 Å². The molecule has 0 amide bonds. The highest BCUT2D eigenvalue weighted by molar-refractivity contribution is 5.99. The van der Waals surface area contributed by atoms with Gasteiger partial charge in [0.2, 0.25) is 0 Å². The molecule has 9 atom stereocenters. The Hall–Kier alpha value is -3.47. The lowest BCUT2D eigenvalue weighted by Gasteiger charge is -2.66. The summed E-state index contributed by atoms with van der Waals surface area (Å²) in [5.41, 5.74) is -4.57. The van der Waals surface area contributed by atoms with Gasteiger partial charge in [0, 0.05) is 53.9 Å². The average molecular weight is 587 g/mol. The number of hydrogen-bond acceptors (Lipinski definition) is 11. The van der Waals surface area contributed by atoms with E-state index >= 15 is 0 Å². The zero-order valence-corrected chi connectivity index (χ0v) is 24.9. The second kappa shape index (κ2) is 9.79. The summed E-state index contributed by atoms with van der Waals surface area (Å²) in [6, 6.07) is 1.70. The van der Waals surface area contributed by atoms with Crippen molar-refractivity contribution in [2.45, 2.75) is 84.7 Å². The predicted octanol–water partition coefficient (Wildman–Crippen LogP) is 3.24. The molecule has 2 heterocycles. The number of rotatable bonds is 5. The molecule has 228 valence electrons. The van der Waals surface area contributed by atoms with E-state index in [0.717, 1.165) is 0 Å². The molecule has 1 aromatic heterocycles. The first kappa shape index (κ1) is 30.0. The predicted molar refractivity (Wildman–Crippen MR) is 143 cm³/mol. The first-order chi connectivity index (χ1) is 19.5. The first-order valence-electron chi connectivity index (χ1n) is 14.1. The number of aliphatic hydroxyl groups is 1. The van der Waals surface area contributed by atoms with Crippen molar-refractivity contribution in [3.05, 3.63) is 35.8 Å². The van der Waals surface area contributed by atoms with Gasteiger partial charge in [-0.15, -0.1) is 0 Å². The number of carbonyl (C=O) groups is 5. The van der Waals surface area contributed by atoms with Crippen LogP contribution in [0.25, 0.3) is 0 Å². The lowest BCUT2D eigenvalue weighted by atomic mass is 9.39. The maximum Gasteiger partial charge on any atom is 0.307 e. The molecule has 42 heavy (non-hydrogen) atoms. The minimum Gasteiger partial charge on any atom is -0.472 e. The van der Waals surface area contributed by atoms with E-state index in [2.05, 4.69) is 0 Å². The van der Waals surface area contributed by atoms with Crippen LogP contribution in [0.15, 0.2) is 34.7 Å². The summed E-state index contributed by atoms with van der Waals surface area (Å²) in [5, 5.41) is 12.3. The lowest BCUT2D eigenvalue weighted by molar-refractivity contribution is -0.234. The van der Waals surface area contributed by atoms with E-state index in [1.165, 1.54) is 39.6 Å². The standard InChI is InChI=1S/C31H38O11/c1-15(32)40-20-13-29(5)19(10-23(35)42-25(29)17-8-9-39-14-17)18-12-31(37)26(36)30(6,24(18)20)21(11-22(34)38-7)28(3,4)27(31)41-16(2)33/h8-9,12,14,19-21,24-25,27,37H,10-11,13H2,1-7H3/t19-,20+,21-,24+,25-,27-,29+,30-,31-/m0/s1. The van der Waals surface area contributed by atoms with Crippen LogP contribution in [0.4, 0.5) is 0 Å². The Bertz CT molecular complexity index is 1360. The number of methoxy groups -OCH3 is 1. The van der Waals surface area contributed by atoms with Crippen molar-refractivity contribution in [3.8, 4) is 0 Å². The number of ether oxygens (including phenoxy) is 4. The second-order valence-electron chi connectivity index (χ2n) is 13.2. The van der Waals surface area contributed by atoms with E-state index < -0.39 is 87.6 Å². The van der Waals surface area contributed by atoms with Gasteiger partial charge in [-0.2, -0.15) is 0 Å². The van der Waals surface area contributed by atoms with Gasteiger partial charge in [-0.1, -0.05) is 33.3 Å². The van der Waals surface area contributed by atoms with Crippen molar-refractivity contribution in [1.82, 2.24) is 0 Å². The quantitative estimate of drug-likeness (QED) is 0.307. The van der Waals surface area contributed by atoms with Crippen LogP contribution >= 0.6 is 0 Å². The van der Waals surface area contributed by atoms with Gasteiger partial charge in [0.25, 0.3) is 0 Å². The minimum absolute atomic E-state index is 0.0520. The van der Waals surface area contributed by atoms with E-state index in [-0.39, 0.29) is 19.3 Å². The number of fused-ring (bicyclic) bond motifs is 6. The van der Waals surface area contributed by atoms with Crippen LogP contribution in [-0.4, -0.2) is 59.7 Å². The Morgan fingerprint density at radius 2 is 1.74 bits per heavy atom. The number of carbonyl (C=O) groups excluding carboxylic acids is 5. The maximum absolute atomic E-state index is 14.6. The molecule has 11 nitrogen and oxygen atoms in total. The Morgan fingerprint density at radius 1 is 1.07 bits per heavy atom. The molecular weight excluding hydrogens is 548 g/mol. The van der Waals surface area contributed by atoms with Gasteiger partial charge in [-0.25, -0.2) is 0 Å². The van der Waals surface area contributed by atoms with E-state index in [4.69, 9.17) is 23.4 Å². The largest absolute Gasteiger partial charge is 0.472 e. The highest BCUT2D eigenvalue weighted by atomic mass is 16.6. The summed E-state index contributed by atoms with van der Waals surface area (Å²) in [6.45, 7) is 9.54. The summed E-state index contributed by atoms with van der Waals surface area (Å²) >= 11 is 0. The molecule has 1 aliphatic heterocycles. The monoisotopic (exact) mass is 586 g/mol. The molecule has 0 radical (unpaired) electrons. The topological polar surface area (TPSA) is 156 Å². The average Bonchev–Trinajstić information content (AvgIpc) is 3.42. The van der Waals surface area contributed by atoms with Crippen molar-refractivity contribution in [2.75, 3.05) is 7.11 Å². The third kappa shape index (κ3) is 4.14. The van der Waals surface area contributed by atoms with Crippen LogP contribution in [0.2, 0.25) is 0 Å². The van der Waals surface area contributed by atoms with Gasteiger partial charge >= 0.3 is 23.9 Å². The van der Waals surface area contributed by atoms with Crippen LogP contribution < -0.4 is 0 Å². The van der Waals surface area contributed by atoms with Gasteiger partial charge in [0.15, 0.2) is 11.4 Å². The number of ketones is 1. The molecule has 0 unspecified atom stereocenters. The summed E-state index contributed by atoms with van der Waals surface area (Å²) < 4.78 is 27.8. The van der Waals surface area contributed by atoms with E-state index in [9.17, 15) is 29.1 Å². The molecule has 3 aliphatic carbocycles. The van der Waals surface area contributed by atoms with E-state index in [1.54, 1.807) is 26.8 Å². The first-order valence-corrected chi connectivity index (χ1v) is 14.1. The Balaban J connectivity index is 1.80. The van der Waals surface area contributed by atoms with E-state index in [1.807, 2.05) is 6.92 Å². The van der Waals surface area contributed by atoms with Gasteiger partial charge in [0.1, 0.15) is 18.3 Å². The smallest absolute Gasteiger partial charge is 0.307 e. The lowest BCUT2D eigenvalue weighted by Crippen LogP contribution is -2.75. The van der Waals surface area contributed by atoms with Gasteiger partial charge in [0.05, 0.1) is 26.1 Å². The second-order valence-corrected chi connectivity index (χ2v) is 13.2. The highest BCUT2D eigenvalue weighted by Crippen LogP contribution is 2.69. The van der Waals surface area contributed by atoms with Gasteiger partial charge in [-0.05, 0) is 24.5 Å². The fourth-order valence-corrected chi connectivity index (χ4v) is 8.86. The summed E-state index contributed by atoms with van der Waals surface area (Å²) in [5.74, 6) is -5.14. The highest BCUT2D eigenvalue weighted by Gasteiger charge is 2.75. The number of Topliss-reactive ketones (excluding diaryl/α,β-unsaturated/α-hetero) is 1. The molecule has 1 N–H and O–H groups in total. The molecule has 0 spiro atoms. The molecule has 0 aromatic carbocycles. The van der Waals surface area contributed by atoms with Crippen molar-refractivity contribution < 1.29 is 52.4 Å². The number of furan rings is 1. The van der Waals surface area contributed by atoms with Crippen molar-refractivity contribution >= 4 is 29.7 Å². The van der Waals surface area contributed by atoms with Gasteiger partial charge in [-0.3, -0.25) is 24.0 Å². The van der Waals surface area contributed by atoms with Crippen LogP contribution in [0.5, 0.6) is 0 Å². The number of hydrogen-bond donors (Lipinski definition) is 1. The third-order valence-corrected chi connectivity index (χ3v) is 10.4. The van der Waals surface area contributed by atoms with E-state index in [0.29, 0.717) is 11.1 Å². The molecule has 1 aromatic rings. The SMILES string of the molecule is COC(=O)C[C@H]1C(C)(C)[C@H](OC(C)=O)[C@]2(O)C=C3[C@H]([C@H](OC(C)=O)C[C@]4(C)[C@H]3CC(=O)O[C@H]4c3ccoc3)[C@@]1(C)C2=O. The number of cyclic esters (lactones) is 1. The van der Waals surface area contributed by atoms with Crippen LogP contribution in [0, 0.1) is 34.0 Å². The molecule has 1 saturated heterocycles. The van der Waals surface area contributed by atoms with Crippen LogP contribution in [-0.2, 0) is 42.9 Å². The molecule has 11 heteroatoms. The molecule has 5 rings (SSSR count). The molecule has 4 aliphatic rings. The van der Waals surface area contributed by atoms with Crippen molar-refractivity contribution in [3.63, 3.8) is 0 Å². The molecule has 2 bridgehead atoms. The summed E-state index contributed by atoms with van der Waals surface area (Å²) in [4.78, 5) is 65.4. The fourth-order valence-electron chi connectivity index (χ4n) is 8.86. The Labute approximate surface area is 243 Å². The zero-order chi connectivity index (χ0) is 31.0.